The van der Waals surface area contributed by atoms with Crippen LogP contribution in [0.5, 0.6) is 0 Å². The lowest BCUT2D eigenvalue weighted by atomic mass is 9.95. The van der Waals surface area contributed by atoms with Gasteiger partial charge in [0.05, 0.1) is 0 Å². The maximum atomic E-state index is 2.72. The summed E-state index contributed by atoms with van der Waals surface area (Å²) in [5.41, 5.74) is 1.51. The number of nitrogens with zero attached hydrogens (tertiary/aromatic N) is 2. The van der Waals surface area contributed by atoms with Crippen LogP contribution in [-0.2, 0) is 6.54 Å². The van der Waals surface area contributed by atoms with Gasteiger partial charge in [0.25, 0.3) is 0 Å². The van der Waals surface area contributed by atoms with Crippen LogP contribution in [0.2, 0.25) is 0 Å². The average molecular weight is 330 g/mol. The van der Waals surface area contributed by atoms with Gasteiger partial charge < -0.3 is 0 Å². The molecule has 5 rings (SSSR count). The molecule has 0 amide bonds. The fraction of sp³-hybridized carbons (Fsp3) is 0.391. The van der Waals surface area contributed by atoms with Crippen molar-refractivity contribution in [3.05, 3.63) is 60.2 Å². The van der Waals surface area contributed by atoms with Crippen molar-refractivity contribution in [2.45, 2.75) is 38.4 Å². The van der Waals surface area contributed by atoms with Crippen LogP contribution in [0, 0.1) is 0 Å². The van der Waals surface area contributed by atoms with E-state index in [9.17, 15) is 0 Å². The summed E-state index contributed by atoms with van der Waals surface area (Å²) in [6.07, 6.45) is 2.74. The van der Waals surface area contributed by atoms with Gasteiger partial charge in [-0.3, -0.25) is 9.80 Å². The molecule has 3 aromatic carbocycles. The van der Waals surface area contributed by atoms with Crippen molar-refractivity contribution in [3.8, 4) is 0 Å². The molecule has 0 aliphatic carbocycles. The number of hydrogen-bond donors (Lipinski definition) is 0. The molecule has 2 aliphatic rings. The maximum absolute atomic E-state index is 2.72. The predicted molar refractivity (Wildman–Crippen MR) is 106 cm³/mol. The van der Waals surface area contributed by atoms with Gasteiger partial charge in [-0.2, -0.15) is 0 Å². The van der Waals surface area contributed by atoms with Crippen LogP contribution in [-0.4, -0.2) is 41.5 Å². The normalized spacial score (nSPS) is 24.8. The molecule has 0 saturated carbocycles. The zero-order chi connectivity index (χ0) is 16.8. The minimum Gasteiger partial charge on any atom is -0.298 e. The third kappa shape index (κ3) is 2.56. The molecule has 0 spiro atoms. The molecule has 3 aromatic rings. The minimum absolute atomic E-state index is 0.647. The molecule has 2 heteroatoms. The zero-order valence-corrected chi connectivity index (χ0v) is 15.0. The quantitative estimate of drug-likeness (QED) is 0.631. The highest BCUT2D eigenvalue weighted by Gasteiger charge is 2.36. The van der Waals surface area contributed by atoms with Crippen LogP contribution in [0.15, 0.2) is 54.6 Å². The Kier molecular flexibility index (Phi) is 3.76. The Bertz CT molecular complexity index is 862. The van der Waals surface area contributed by atoms with E-state index in [4.69, 9.17) is 0 Å². The number of rotatable bonds is 2. The van der Waals surface area contributed by atoms with E-state index >= 15 is 0 Å². The van der Waals surface area contributed by atoms with E-state index in [1.807, 2.05) is 0 Å². The Hall–Kier alpha value is -1.90. The van der Waals surface area contributed by atoms with E-state index in [-0.39, 0.29) is 0 Å². The molecular weight excluding hydrogens is 304 g/mol. The fourth-order valence-electron chi connectivity index (χ4n) is 5.08. The highest BCUT2D eigenvalue weighted by molar-refractivity contribution is 6.02. The highest BCUT2D eigenvalue weighted by atomic mass is 15.3. The Morgan fingerprint density at radius 3 is 2.28 bits per heavy atom. The molecule has 2 nitrogen and oxygen atoms in total. The fourth-order valence-corrected chi connectivity index (χ4v) is 5.08. The van der Waals surface area contributed by atoms with Crippen molar-refractivity contribution in [3.63, 3.8) is 0 Å². The second-order valence-electron chi connectivity index (χ2n) is 7.75. The minimum atomic E-state index is 0.647. The number of fused-ring (bicyclic) bond motifs is 3. The van der Waals surface area contributed by atoms with Crippen molar-refractivity contribution in [1.82, 2.24) is 9.80 Å². The molecule has 2 heterocycles. The van der Waals surface area contributed by atoms with Crippen molar-refractivity contribution >= 4 is 21.5 Å². The van der Waals surface area contributed by atoms with Crippen LogP contribution in [0.4, 0.5) is 0 Å². The summed E-state index contributed by atoms with van der Waals surface area (Å²) in [7, 11) is 0. The van der Waals surface area contributed by atoms with Gasteiger partial charge >= 0.3 is 0 Å². The summed E-state index contributed by atoms with van der Waals surface area (Å²) in [5.74, 6) is 0. The Balaban J connectivity index is 1.59. The first-order chi connectivity index (χ1) is 12.3. The SMILES string of the molecule is C[C@@H]1[C@@H]2CCCN2CCN1Cc1c2ccccc2cc2ccccc12. The molecule has 0 aromatic heterocycles. The van der Waals surface area contributed by atoms with Gasteiger partial charge in [0, 0.05) is 31.7 Å². The first-order valence-corrected chi connectivity index (χ1v) is 9.69. The highest BCUT2D eigenvalue weighted by Crippen LogP contribution is 2.32. The first-order valence-electron chi connectivity index (χ1n) is 9.69. The van der Waals surface area contributed by atoms with Crippen LogP contribution in [0.3, 0.4) is 0 Å². The molecule has 0 N–H and O–H groups in total. The Morgan fingerprint density at radius 1 is 0.880 bits per heavy atom. The van der Waals surface area contributed by atoms with Crippen LogP contribution < -0.4 is 0 Å². The molecule has 2 saturated heterocycles. The number of hydrogen-bond acceptors (Lipinski definition) is 2. The summed E-state index contributed by atoms with van der Waals surface area (Å²) in [5, 5.41) is 5.57. The topological polar surface area (TPSA) is 6.48 Å². The lowest BCUT2D eigenvalue weighted by Crippen LogP contribution is -2.55. The van der Waals surface area contributed by atoms with Crippen molar-refractivity contribution in [2.24, 2.45) is 0 Å². The zero-order valence-electron chi connectivity index (χ0n) is 15.0. The summed E-state index contributed by atoms with van der Waals surface area (Å²) >= 11 is 0. The third-order valence-corrected chi connectivity index (χ3v) is 6.47. The van der Waals surface area contributed by atoms with Gasteiger partial charge in [-0.1, -0.05) is 48.5 Å². The first kappa shape index (κ1) is 15.4. The average Bonchev–Trinajstić information content (AvgIpc) is 3.13. The van der Waals surface area contributed by atoms with Crippen molar-refractivity contribution in [1.29, 1.82) is 0 Å². The Morgan fingerprint density at radius 2 is 1.56 bits per heavy atom. The second-order valence-corrected chi connectivity index (χ2v) is 7.75. The van der Waals surface area contributed by atoms with E-state index < -0.39 is 0 Å². The van der Waals surface area contributed by atoms with Gasteiger partial charge in [0.2, 0.25) is 0 Å². The van der Waals surface area contributed by atoms with Crippen molar-refractivity contribution < 1.29 is 0 Å². The van der Waals surface area contributed by atoms with Gasteiger partial charge in [-0.05, 0) is 59.5 Å². The monoisotopic (exact) mass is 330 g/mol. The predicted octanol–water partition coefficient (Wildman–Crippen LogP) is 4.66. The molecule has 2 aliphatic heterocycles. The second kappa shape index (κ2) is 6.12. The van der Waals surface area contributed by atoms with Gasteiger partial charge in [-0.25, -0.2) is 0 Å². The lowest BCUT2D eigenvalue weighted by molar-refractivity contribution is 0.0476. The summed E-state index contributed by atoms with van der Waals surface area (Å²) in [4.78, 5) is 5.43. The maximum Gasteiger partial charge on any atom is 0.0250 e. The standard InChI is InChI=1S/C23H26N2/c1-17-23-11-6-12-24(23)13-14-25(17)16-22-20-9-4-2-7-18(20)15-19-8-3-5-10-21(19)22/h2-5,7-10,15,17,23H,6,11-14,16H2,1H3/t17-,23+/m1/s1. The number of piperazine rings is 1. The third-order valence-electron chi connectivity index (χ3n) is 6.47. The molecular formula is C23H26N2. The molecule has 128 valence electrons. The van der Waals surface area contributed by atoms with E-state index in [1.54, 1.807) is 0 Å². The van der Waals surface area contributed by atoms with Crippen molar-refractivity contribution in [2.75, 3.05) is 19.6 Å². The van der Waals surface area contributed by atoms with Crippen LogP contribution >= 0.6 is 0 Å². The lowest BCUT2D eigenvalue weighted by Gasteiger charge is -2.43. The number of benzene rings is 3. The Labute approximate surface area is 150 Å². The largest absolute Gasteiger partial charge is 0.298 e. The van der Waals surface area contributed by atoms with Gasteiger partial charge in [0.15, 0.2) is 0 Å². The smallest absolute Gasteiger partial charge is 0.0250 e. The molecule has 2 fully saturated rings. The summed E-state index contributed by atoms with van der Waals surface area (Å²) in [6, 6.07) is 21.5. The van der Waals surface area contributed by atoms with E-state index in [0.717, 1.165) is 12.6 Å². The van der Waals surface area contributed by atoms with Gasteiger partial charge in [0.1, 0.15) is 0 Å². The van der Waals surface area contributed by atoms with E-state index in [0.29, 0.717) is 6.04 Å². The molecule has 2 atom stereocenters. The molecule has 0 unspecified atom stereocenters. The summed E-state index contributed by atoms with van der Waals surface area (Å²) in [6.45, 7) is 7.23. The van der Waals surface area contributed by atoms with Crippen LogP contribution in [0.1, 0.15) is 25.3 Å². The molecule has 0 bridgehead atoms. The van der Waals surface area contributed by atoms with Gasteiger partial charge in [-0.15, -0.1) is 0 Å². The molecule has 25 heavy (non-hydrogen) atoms. The van der Waals surface area contributed by atoms with E-state index in [1.165, 1.54) is 59.6 Å². The van der Waals surface area contributed by atoms with Crippen LogP contribution in [0.25, 0.3) is 21.5 Å². The summed E-state index contributed by atoms with van der Waals surface area (Å²) < 4.78 is 0. The van der Waals surface area contributed by atoms with E-state index in [2.05, 4.69) is 71.3 Å². The molecule has 0 radical (unpaired) electrons.